The zero-order valence-corrected chi connectivity index (χ0v) is 10.8. The molecule has 0 atom stereocenters. The van der Waals surface area contributed by atoms with Crippen molar-refractivity contribution < 1.29 is 0 Å². The monoisotopic (exact) mass is 261 g/mol. The van der Waals surface area contributed by atoms with Gasteiger partial charge < -0.3 is 16.0 Å². The fourth-order valence-corrected chi connectivity index (χ4v) is 2.74. The zero-order valence-electron chi connectivity index (χ0n) is 9.97. The Kier molecular flexibility index (Phi) is 3.12. The Bertz CT molecular complexity index is 519. The summed E-state index contributed by atoms with van der Waals surface area (Å²) in [5, 5.41) is 6.19. The van der Waals surface area contributed by atoms with Gasteiger partial charge >= 0.3 is 0 Å². The first-order chi connectivity index (χ1) is 8.84. The summed E-state index contributed by atoms with van der Waals surface area (Å²) in [6.07, 6.45) is 1.78. The predicted molar refractivity (Wildman–Crippen MR) is 74.8 cm³/mol. The Hall–Kier alpha value is -1.66. The van der Waals surface area contributed by atoms with E-state index in [1.807, 2.05) is 17.5 Å². The maximum absolute atomic E-state index is 6.03. The van der Waals surface area contributed by atoms with Gasteiger partial charge in [0.2, 0.25) is 0 Å². The Morgan fingerprint density at radius 2 is 2.11 bits per heavy atom. The van der Waals surface area contributed by atoms with Gasteiger partial charge in [-0.1, -0.05) is 0 Å². The van der Waals surface area contributed by atoms with Gasteiger partial charge in [0, 0.05) is 37.8 Å². The minimum atomic E-state index is 0.556. The van der Waals surface area contributed by atoms with Crippen LogP contribution in [0.15, 0.2) is 23.7 Å². The molecular weight excluding hydrogens is 246 g/mol. The van der Waals surface area contributed by atoms with Gasteiger partial charge in [0.15, 0.2) is 0 Å². The van der Waals surface area contributed by atoms with Crippen molar-refractivity contribution in [2.75, 3.05) is 36.8 Å². The van der Waals surface area contributed by atoms with Gasteiger partial charge in [0.05, 0.1) is 5.56 Å². The number of piperazine rings is 1. The number of pyridine rings is 1. The summed E-state index contributed by atoms with van der Waals surface area (Å²) in [6, 6.07) is 4.04. The van der Waals surface area contributed by atoms with Crippen molar-refractivity contribution in [2.24, 2.45) is 0 Å². The van der Waals surface area contributed by atoms with Crippen molar-refractivity contribution in [3.63, 3.8) is 0 Å². The number of nitrogen functional groups attached to an aromatic ring is 1. The molecular formula is C12H15N5S. The molecule has 0 aliphatic carbocycles. The van der Waals surface area contributed by atoms with E-state index in [1.165, 1.54) is 0 Å². The molecule has 94 valence electrons. The van der Waals surface area contributed by atoms with E-state index >= 15 is 0 Å². The lowest BCUT2D eigenvalue weighted by Crippen LogP contribution is -2.43. The van der Waals surface area contributed by atoms with Gasteiger partial charge in [-0.15, -0.1) is 11.3 Å². The summed E-state index contributed by atoms with van der Waals surface area (Å²) >= 11 is 1.58. The van der Waals surface area contributed by atoms with Crippen LogP contribution in [0.1, 0.15) is 0 Å². The number of anilines is 2. The fourth-order valence-electron chi connectivity index (χ4n) is 2.07. The standard InChI is InChI=1S/C12H15N5S/c13-11-9(12-15-5-8-18-12)1-2-10(16-11)17-6-3-14-4-7-17/h1-2,5,8,14H,3-4,6-7H2,(H2,13,16). The Morgan fingerprint density at radius 1 is 1.28 bits per heavy atom. The maximum Gasteiger partial charge on any atom is 0.136 e. The molecule has 3 heterocycles. The molecule has 3 rings (SSSR count). The molecule has 0 radical (unpaired) electrons. The van der Waals surface area contributed by atoms with E-state index in [-0.39, 0.29) is 0 Å². The van der Waals surface area contributed by atoms with E-state index in [2.05, 4.69) is 20.2 Å². The molecule has 3 N–H and O–H groups in total. The SMILES string of the molecule is Nc1nc(N2CCNCC2)ccc1-c1nccs1. The number of nitrogens with zero attached hydrogens (tertiary/aromatic N) is 3. The van der Waals surface area contributed by atoms with Crippen molar-refractivity contribution in [1.82, 2.24) is 15.3 Å². The number of aromatic nitrogens is 2. The number of rotatable bonds is 2. The first-order valence-corrected chi connectivity index (χ1v) is 6.84. The van der Waals surface area contributed by atoms with Gasteiger partial charge in [-0.05, 0) is 12.1 Å². The summed E-state index contributed by atoms with van der Waals surface area (Å²) in [4.78, 5) is 11.0. The number of hydrogen-bond donors (Lipinski definition) is 2. The van der Waals surface area contributed by atoms with Crippen molar-refractivity contribution in [3.8, 4) is 10.6 Å². The van der Waals surface area contributed by atoms with Crippen LogP contribution >= 0.6 is 11.3 Å². The molecule has 1 saturated heterocycles. The molecule has 0 spiro atoms. The van der Waals surface area contributed by atoms with Crippen LogP contribution in [-0.2, 0) is 0 Å². The van der Waals surface area contributed by atoms with Crippen LogP contribution in [0.4, 0.5) is 11.6 Å². The molecule has 2 aromatic heterocycles. The Balaban J connectivity index is 1.89. The molecule has 2 aromatic rings. The largest absolute Gasteiger partial charge is 0.383 e. The second-order valence-electron chi connectivity index (χ2n) is 4.18. The highest BCUT2D eigenvalue weighted by molar-refractivity contribution is 7.13. The van der Waals surface area contributed by atoms with E-state index in [0.29, 0.717) is 5.82 Å². The Labute approximate surface area is 110 Å². The topological polar surface area (TPSA) is 67.1 Å². The van der Waals surface area contributed by atoms with Gasteiger partial charge in [-0.25, -0.2) is 9.97 Å². The molecule has 0 saturated carbocycles. The molecule has 18 heavy (non-hydrogen) atoms. The third kappa shape index (κ3) is 2.16. The summed E-state index contributed by atoms with van der Waals surface area (Å²) in [7, 11) is 0. The van der Waals surface area contributed by atoms with E-state index < -0.39 is 0 Å². The highest BCUT2D eigenvalue weighted by Gasteiger charge is 2.14. The van der Waals surface area contributed by atoms with Crippen molar-refractivity contribution in [2.45, 2.75) is 0 Å². The molecule has 1 aliphatic heterocycles. The highest BCUT2D eigenvalue weighted by Crippen LogP contribution is 2.28. The number of nitrogens with one attached hydrogen (secondary N) is 1. The zero-order chi connectivity index (χ0) is 12.4. The lowest BCUT2D eigenvalue weighted by Gasteiger charge is -2.28. The van der Waals surface area contributed by atoms with Crippen LogP contribution in [0.2, 0.25) is 0 Å². The van der Waals surface area contributed by atoms with Gasteiger partial charge in [-0.3, -0.25) is 0 Å². The molecule has 0 bridgehead atoms. The molecule has 1 fully saturated rings. The summed E-state index contributed by atoms with van der Waals surface area (Å²) in [5.41, 5.74) is 6.95. The third-order valence-electron chi connectivity index (χ3n) is 3.01. The predicted octanol–water partition coefficient (Wildman–Crippen LogP) is 1.20. The summed E-state index contributed by atoms with van der Waals surface area (Å²) in [5.74, 6) is 1.51. The van der Waals surface area contributed by atoms with Crippen LogP contribution in [0.3, 0.4) is 0 Å². The third-order valence-corrected chi connectivity index (χ3v) is 3.82. The van der Waals surface area contributed by atoms with Crippen molar-refractivity contribution in [3.05, 3.63) is 23.7 Å². The minimum absolute atomic E-state index is 0.556. The first-order valence-electron chi connectivity index (χ1n) is 5.96. The van der Waals surface area contributed by atoms with Crippen LogP contribution in [0, 0.1) is 0 Å². The van der Waals surface area contributed by atoms with Crippen LogP contribution in [-0.4, -0.2) is 36.1 Å². The number of hydrogen-bond acceptors (Lipinski definition) is 6. The lowest BCUT2D eigenvalue weighted by molar-refractivity contribution is 0.585. The van der Waals surface area contributed by atoms with E-state index in [9.17, 15) is 0 Å². The number of nitrogens with two attached hydrogens (primary N) is 1. The normalized spacial score (nSPS) is 15.9. The van der Waals surface area contributed by atoms with E-state index in [0.717, 1.165) is 42.6 Å². The molecule has 5 nitrogen and oxygen atoms in total. The smallest absolute Gasteiger partial charge is 0.136 e. The fraction of sp³-hybridized carbons (Fsp3) is 0.333. The molecule has 6 heteroatoms. The van der Waals surface area contributed by atoms with Crippen LogP contribution in [0.5, 0.6) is 0 Å². The Morgan fingerprint density at radius 3 is 2.78 bits per heavy atom. The molecule has 0 unspecified atom stereocenters. The second-order valence-corrected chi connectivity index (χ2v) is 5.07. The molecule has 0 amide bonds. The van der Waals surface area contributed by atoms with Crippen molar-refractivity contribution >= 4 is 23.0 Å². The lowest BCUT2D eigenvalue weighted by atomic mass is 10.2. The minimum Gasteiger partial charge on any atom is -0.383 e. The average molecular weight is 261 g/mol. The average Bonchev–Trinajstić information content (AvgIpc) is 2.93. The second kappa shape index (κ2) is 4.91. The molecule has 1 aliphatic rings. The number of thiazole rings is 1. The summed E-state index contributed by atoms with van der Waals surface area (Å²) in [6.45, 7) is 3.94. The van der Waals surface area contributed by atoms with Gasteiger partial charge in [-0.2, -0.15) is 0 Å². The van der Waals surface area contributed by atoms with E-state index in [1.54, 1.807) is 17.5 Å². The van der Waals surface area contributed by atoms with Crippen molar-refractivity contribution in [1.29, 1.82) is 0 Å². The summed E-state index contributed by atoms with van der Waals surface area (Å²) < 4.78 is 0. The highest BCUT2D eigenvalue weighted by atomic mass is 32.1. The molecule has 0 aromatic carbocycles. The quantitative estimate of drug-likeness (QED) is 0.850. The van der Waals surface area contributed by atoms with Gasteiger partial charge in [0.25, 0.3) is 0 Å². The van der Waals surface area contributed by atoms with Crippen LogP contribution < -0.4 is 16.0 Å². The maximum atomic E-state index is 6.03. The van der Waals surface area contributed by atoms with Crippen LogP contribution in [0.25, 0.3) is 10.6 Å². The first kappa shape index (κ1) is 11.4. The van der Waals surface area contributed by atoms with E-state index in [4.69, 9.17) is 5.73 Å². The van der Waals surface area contributed by atoms with Gasteiger partial charge in [0.1, 0.15) is 16.6 Å².